The summed E-state index contributed by atoms with van der Waals surface area (Å²) in [7, 11) is 3.50. The lowest BCUT2D eigenvalue weighted by Gasteiger charge is -2.27. The highest BCUT2D eigenvalue weighted by Gasteiger charge is 2.11. The Kier molecular flexibility index (Phi) is 12.2. The minimum Gasteiger partial charge on any atom is -0.383 e. The second-order valence-electron chi connectivity index (χ2n) is 4.35. The fraction of sp³-hybridized carbons (Fsp3) is 1.00. The van der Waals surface area contributed by atoms with Crippen molar-refractivity contribution in [1.82, 2.24) is 10.2 Å². The highest BCUT2D eigenvalue weighted by Crippen LogP contribution is 1.98. The lowest BCUT2D eigenvalue weighted by molar-refractivity contribution is 0.107. The molecule has 0 saturated carbocycles. The molecule has 0 aromatic rings. The van der Waals surface area contributed by atoms with Gasteiger partial charge < -0.3 is 14.8 Å². The van der Waals surface area contributed by atoms with E-state index in [1.807, 2.05) is 0 Å². The van der Waals surface area contributed by atoms with Crippen LogP contribution in [0.1, 0.15) is 26.7 Å². The quantitative estimate of drug-likeness (QED) is 0.564. The predicted molar refractivity (Wildman–Crippen MR) is 72.6 cm³/mol. The first-order valence-corrected chi connectivity index (χ1v) is 6.72. The fourth-order valence-corrected chi connectivity index (χ4v) is 1.73. The summed E-state index contributed by atoms with van der Waals surface area (Å²) >= 11 is 0. The Bertz CT molecular complexity index is 148. The molecule has 1 unspecified atom stereocenters. The minimum absolute atomic E-state index is 0.573. The maximum absolute atomic E-state index is 5.15. The number of hydrogen-bond donors (Lipinski definition) is 1. The first kappa shape index (κ1) is 16.8. The molecule has 0 amide bonds. The van der Waals surface area contributed by atoms with Gasteiger partial charge in [0.2, 0.25) is 0 Å². The van der Waals surface area contributed by atoms with Crippen LogP contribution in [-0.4, -0.2) is 64.6 Å². The van der Waals surface area contributed by atoms with E-state index in [1.54, 1.807) is 14.2 Å². The molecule has 17 heavy (non-hydrogen) atoms. The van der Waals surface area contributed by atoms with Gasteiger partial charge in [-0.05, 0) is 19.4 Å². The van der Waals surface area contributed by atoms with Crippen molar-refractivity contribution in [3.05, 3.63) is 0 Å². The summed E-state index contributed by atoms with van der Waals surface area (Å²) in [5, 5.41) is 3.58. The number of hydrogen-bond acceptors (Lipinski definition) is 4. The molecular weight excluding hydrogens is 216 g/mol. The highest BCUT2D eigenvalue weighted by atomic mass is 16.5. The van der Waals surface area contributed by atoms with Crippen LogP contribution in [0.2, 0.25) is 0 Å². The van der Waals surface area contributed by atoms with Crippen molar-refractivity contribution < 1.29 is 9.47 Å². The molecule has 0 saturated heterocycles. The van der Waals surface area contributed by atoms with Gasteiger partial charge in [-0.3, -0.25) is 4.90 Å². The van der Waals surface area contributed by atoms with Crippen molar-refractivity contribution in [3.63, 3.8) is 0 Å². The zero-order valence-corrected chi connectivity index (χ0v) is 12.0. The van der Waals surface area contributed by atoms with Crippen LogP contribution in [0.25, 0.3) is 0 Å². The van der Waals surface area contributed by atoms with Gasteiger partial charge in [0.15, 0.2) is 0 Å². The van der Waals surface area contributed by atoms with Crippen molar-refractivity contribution in [2.75, 3.05) is 53.6 Å². The summed E-state index contributed by atoms with van der Waals surface area (Å²) in [5.41, 5.74) is 0. The molecule has 4 nitrogen and oxygen atoms in total. The average Bonchev–Trinajstić information content (AvgIpc) is 2.36. The van der Waals surface area contributed by atoms with Crippen molar-refractivity contribution in [2.24, 2.45) is 0 Å². The fourth-order valence-electron chi connectivity index (χ4n) is 1.73. The normalized spacial score (nSPS) is 13.2. The van der Waals surface area contributed by atoms with Crippen LogP contribution >= 0.6 is 0 Å². The molecule has 0 aromatic heterocycles. The van der Waals surface area contributed by atoms with Crippen molar-refractivity contribution >= 4 is 0 Å². The summed E-state index contributed by atoms with van der Waals surface area (Å²) in [6.07, 6.45) is 2.35. The van der Waals surface area contributed by atoms with E-state index in [9.17, 15) is 0 Å². The molecule has 0 radical (unpaired) electrons. The molecule has 1 atom stereocenters. The molecule has 0 aliphatic rings. The predicted octanol–water partition coefficient (Wildman–Crippen LogP) is 1.36. The van der Waals surface area contributed by atoms with Crippen LogP contribution in [-0.2, 0) is 9.47 Å². The van der Waals surface area contributed by atoms with Gasteiger partial charge in [0.1, 0.15) is 0 Å². The summed E-state index contributed by atoms with van der Waals surface area (Å²) in [6.45, 7) is 10.1. The van der Waals surface area contributed by atoms with Gasteiger partial charge in [-0.25, -0.2) is 0 Å². The van der Waals surface area contributed by atoms with E-state index < -0.39 is 0 Å². The molecule has 4 heteroatoms. The summed E-state index contributed by atoms with van der Waals surface area (Å²) in [6, 6.07) is 0.573. The van der Waals surface area contributed by atoms with Crippen LogP contribution in [0, 0.1) is 0 Å². The molecule has 0 aromatic carbocycles. The Morgan fingerprint density at radius 3 is 2.06 bits per heavy atom. The van der Waals surface area contributed by atoms with E-state index in [0.717, 1.165) is 45.8 Å². The van der Waals surface area contributed by atoms with Crippen molar-refractivity contribution in [1.29, 1.82) is 0 Å². The van der Waals surface area contributed by atoms with Crippen LogP contribution in [0.5, 0.6) is 0 Å². The van der Waals surface area contributed by atoms with Gasteiger partial charge in [0, 0.05) is 39.9 Å². The third-order valence-electron chi connectivity index (χ3n) is 2.88. The molecular formula is C13H30N2O2. The first-order valence-electron chi connectivity index (χ1n) is 6.72. The van der Waals surface area contributed by atoms with E-state index in [0.29, 0.717) is 6.04 Å². The summed E-state index contributed by atoms with van der Waals surface area (Å²) < 4.78 is 10.3. The van der Waals surface area contributed by atoms with Gasteiger partial charge in [0.05, 0.1) is 13.2 Å². The molecule has 0 spiro atoms. The third-order valence-corrected chi connectivity index (χ3v) is 2.88. The second-order valence-corrected chi connectivity index (χ2v) is 4.35. The van der Waals surface area contributed by atoms with Gasteiger partial charge in [-0.2, -0.15) is 0 Å². The van der Waals surface area contributed by atoms with E-state index in [2.05, 4.69) is 24.1 Å². The maximum Gasteiger partial charge on any atom is 0.0589 e. The number of nitrogens with one attached hydrogen (secondary N) is 1. The SMILES string of the molecule is CCCNC(CC)CN(CCOC)CCOC. The molecule has 0 bridgehead atoms. The van der Waals surface area contributed by atoms with Gasteiger partial charge in [0.25, 0.3) is 0 Å². The Hall–Kier alpha value is -0.160. The van der Waals surface area contributed by atoms with Crippen molar-refractivity contribution in [3.8, 4) is 0 Å². The van der Waals surface area contributed by atoms with Gasteiger partial charge >= 0.3 is 0 Å². The van der Waals surface area contributed by atoms with Gasteiger partial charge in [-0.15, -0.1) is 0 Å². The molecule has 1 N–H and O–H groups in total. The monoisotopic (exact) mass is 246 g/mol. The standard InChI is InChI=1S/C13H30N2O2/c1-5-7-14-13(6-2)12-15(8-10-16-3)9-11-17-4/h13-14H,5-12H2,1-4H3. The number of methoxy groups -OCH3 is 2. The van der Waals surface area contributed by atoms with Crippen molar-refractivity contribution in [2.45, 2.75) is 32.7 Å². The summed E-state index contributed by atoms with van der Waals surface area (Å²) in [4.78, 5) is 2.41. The Balaban J connectivity index is 3.97. The smallest absolute Gasteiger partial charge is 0.0589 e. The van der Waals surface area contributed by atoms with Crippen LogP contribution in [0.4, 0.5) is 0 Å². The number of rotatable bonds is 12. The maximum atomic E-state index is 5.15. The second kappa shape index (κ2) is 12.3. The highest BCUT2D eigenvalue weighted by molar-refractivity contribution is 4.70. The summed E-state index contributed by atoms with van der Waals surface area (Å²) in [5.74, 6) is 0. The van der Waals surface area contributed by atoms with E-state index in [1.165, 1.54) is 6.42 Å². The minimum atomic E-state index is 0.573. The molecule has 0 heterocycles. The van der Waals surface area contributed by atoms with E-state index >= 15 is 0 Å². The molecule has 0 fully saturated rings. The lowest BCUT2D eigenvalue weighted by Crippen LogP contribution is -2.43. The third kappa shape index (κ3) is 9.53. The molecule has 0 aliphatic heterocycles. The number of ether oxygens (including phenoxy) is 2. The number of nitrogens with zero attached hydrogens (tertiary/aromatic N) is 1. The van der Waals surface area contributed by atoms with Crippen LogP contribution in [0.15, 0.2) is 0 Å². The van der Waals surface area contributed by atoms with E-state index in [4.69, 9.17) is 9.47 Å². The van der Waals surface area contributed by atoms with Gasteiger partial charge in [-0.1, -0.05) is 13.8 Å². The van der Waals surface area contributed by atoms with Crippen LogP contribution in [0.3, 0.4) is 0 Å². The molecule has 104 valence electrons. The lowest BCUT2D eigenvalue weighted by atomic mass is 10.2. The average molecular weight is 246 g/mol. The molecule has 0 aliphatic carbocycles. The Morgan fingerprint density at radius 1 is 1.06 bits per heavy atom. The van der Waals surface area contributed by atoms with E-state index in [-0.39, 0.29) is 0 Å². The zero-order valence-electron chi connectivity index (χ0n) is 12.0. The topological polar surface area (TPSA) is 33.7 Å². The Labute approximate surface area is 107 Å². The van der Waals surface area contributed by atoms with Crippen LogP contribution < -0.4 is 5.32 Å². The Morgan fingerprint density at radius 2 is 1.65 bits per heavy atom. The molecule has 0 rings (SSSR count). The largest absolute Gasteiger partial charge is 0.383 e. The first-order chi connectivity index (χ1) is 8.28. The zero-order chi connectivity index (χ0) is 12.9.